The summed E-state index contributed by atoms with van der Waals surface area (Å²) in [7, 11) is 0. The molecule has 0 spiro atoms. The summed E-state index contributed by atoms with van der Waals surface area (Å²) in [6.07, 6.45) is 2.67. The lowest BCUT2D eigenvalue weighted by molar-refractivity contribution is -0.123. The second-order valence-corrected chi connectivity index (χ2v) is 8.38. The number of aryl methyl sites for hydroxylation is 1. The summed E-state index contributed by atoms with van der Waals surface area (Å²) in [5.74, 6) is 1.08. The number of hydrogen-bond acceptors (Lipinski definition) is 6. The van der Waals surface area contributed by atoms with Gasteiger partial charge >= 0.3 is 0 Å². The van der Waals surface area contributed by atoms with Crippen molar-refractivity contribution >= 4 is 33.3 Å². The van der Waals surface area contributed by atoms with Crippen molar-refractivity contribution in [3.63, 3.8) is 0 Å². The van der Waals surface area contributed by atoms with Crippen LogP contribution in [-0.2, 0) is 11.2 Å². The Morgan fingerprint density at radius 2 is 1.90 bits per heavy atom. The smallest absolute Gasteiger partial charge is 0.234 e. The summed E-state index contributed by atoms with van der Waals surface area (Å²) in [5.41, 5.74) is 2.46. The van der Waals surface area contributed by atoms with Crippen LogP contribution in [0.25, 0.3) is 10.2 Å². The van der Waals surface area contributed by atoms with Gasteiger partial charge in [-0.25, -0.2) is 9.97 Å². The third kappa shape index (κ3) is 4.57. The number of piperazine rings is 1. The molecule has 1 atom stereocenters. The maximum Gasteiger partial charge on any atom is 0.234 e. The number of amides is 1. The first-order chi connectivity index (χ1) is 14.1. The first-order valence-electron chi connectivity index (χ1n) is 10.2. The third-order valence-corrected chi connectivity index (χ3v) is 6.37. The minimum Gasteiger partial charge on any atom is -0.353 e. The molecule has 1 saturated heterocycles. The van der Waals surface area contributed by atoms with Gasteiger partial charge < -0.3 is 10.2 Å². The lowest BCUT2D eigenvalue weighted by Crippen LogP contribution is -2.50. The van der Waals surface area contributed by atoms with Gasteiger partial charge in [0.1, 0.15) is 17.0 Å². The topological polar surface area (TPSA) is 61.4 Å². The largest absolute Gasteiger partial charge is 0.353 e. The number of carbonyl (C=O) groups excluding carboxylic acids is 1. The van der Waals surface area contributed by atoms with Gasteiger partial charge in [0.15, 0.2) is 0 Å². The van der Waals surface area contributed by atoms with E-state index in [2.05, 4.69) is 67.7 Å². The molecular weight excluding hydrogens is 382 g/mol. The van der Waals surface area contributed by atoms with E-state index in [1.165, 1.54) is 5.56 Å². The second-order valence-electron chi connectivity index (χ2n) is 7.48. The fraction of sp³-hybridized carbons (Fsp3) is 0.409. The number of aromatic nitrogens is 2. The Hall–Kier alpha value is -2.51. The predicted molar refractivity (Wildman–Crippen MR) is 118 cm³/mol. The zero-order valence-corrected chi connectivity index (χ0v) is 17.8. The lowest BCUT2D eigenvalue weighted by atomic mass is 10.1. The SMILES string of the molecule is CCc1ccc(C(C)NC(=O)CN2CCN(c3ncnc4sccc34)CC2)cc1. The number of thiophene rings is 1. The van der Waals surface area contributed by atoms with Crippen LogP contribution in [0.3, 0.4) is 0 Å². The Morgan fingerprint density at radius 3 is 2.62 bits per heavy atom. The number of hydrogen-bond donors (Lipinski definition) is 1. The van der Waals surface area contributed by atoms with Gasteiger partial charge in [-0.3, -0.25) is 9.69 Å². The summed E-state index contributed by atoms with van der Waals surface area (Å²) < 4.78 is 0. The van der Waals surface area contributed by atoms with E-state index in [-0.39, 0.29) is 11.9 Å². The summed E-state index contributed by atoms with van der Waals surface area (Å²) in [5, 5.41) is 6.30. The van der Waals surface area contributed by atoms with E-state index in [0.717, 1.165) is 54.2 Å². The molecule has 6 nitrogen and oxygen atoms in total. The molecule has 0 radical (unpaired) electrons. The maximum atomic E-state index is 12.5. The quantitative estimate of drug-likeness (QED) is 0.677. The Balaban J connectivity index is 1.29. The predicted octanol–water partition coefficient (Wildman–Crippen LogP) is 3.25. The van der Waals surface area contributed by atoms with Crippen molar-refractivity contribution in [3.05, 3.63) is 53.2 Å². The fourth-order valence-corrected chi connectivity index (χ4v) is 4.49. The maximum absolute atomic E-state index is 12.5. The van der Waals surface area contributed by atoms with E-state index in [9.17, 15) is 4.79 Å². The Bertz CT molecular complexity index is 963. The van der Waals surface area contributed by atoms with Crippen LogP contribution in [0.15, 0.2) is 42.0 Å². The zero-order valence-electron chi connectivity index (χ0n) is 17.0. The highest BCUT2D eigenvalue weighted by molar-refractivity contribution is 7.16. The van der Waals surface area contributed by atoms with E-state index in [4.69, 9.17) is 0 Å². The van der Waals surface area contributed by atoms with Crippen LogP contribution in [0, 0.1) is 0 Å². The molecule has 1 N–H and O–H groups in total. The van der Waals surface area contributed by atoms with Gasteiger partial charge in [-0.05, 0) is 35.9 Å². The van der Waals surface area contributed by atoms with Crippen molar-refractivity contribution in [3.8, 4) is 0 Å². The number of nitrogens with zero attached hydrogens (tertiary/aromatic N) is 4. The molecule has 0 saturated carbocycles. The van der Waals surface area contributed by atoms with Gasteiger partial charge in [0.05, 0.1) is 18.0 Å². The average molecular weight is 410 g/mol. The van der Waals surface area contributed by atoms with E-state index >= 15 is 0 Å². The molecule has 1 fully saturated rings. The van der Waals surface area contributed by atoms with Gasteiger partial charge in [0.25, 0.3) is 0 Å². The molecule has 0 bridgehead atoms. The van der Waals surface area contributed by atoms with E-state index in [1.807, 2.05) is 6.92 Å². The van der Waals surface area contributed by atoms with E-state index < -0.39 is 0 Å². The molecule has 3 aromatic rings. The normalized spacial score (nSPS) is 16.1. The summed E-state index contributed by atoms with van der Waals surface area (Å²) in [4.78, 5) is 26.9. The summed E-state index contributed by atoms with van der Waals surface area (Å²) in [6, 6.07) is 10.6. The summed E-state index contributed by atoms with van der Waals surface area (Å²) in [6.45, 7) is 8.05. The lowest BCUT2D eigenvalue weighted by Gasteiger charge is -2.35. The number of nitrogens with one attached hydrogen (secondary N) is 1. The molecule has 0 aliphatic carbocycles. The molecule has 1 aromatic carbocycles. The molecule has 152 valence electrons. The average Bonchev–Trinajstić information content (AvgIpc) is 3.23. The number of anilines is 1. The van der Waals surface area contributed by atoms with Crippen molar-refractivity contribution in [1.29, 1.82) is 0 Å². The fourth-order valence-electron chi connectivity index (χ4n) is 3.76. The van der Waals surface area contributed by atoms with Gasteiger partial charge in [-0.2, -0.15) is 0 Å². The molecule has 1 amide bonds. The van der Waals surface area contributed by atoms with Crippen molar-refractivity contribution in [2.75, 3.05) is 37.6 Å². The van der Waals surface area contributed by atoms with E-state index in [0.29, 0.717) is 6.54 Å². The molecule has 29 heavy (non-hydrogen) atoms. The highest BCUT2D eigenvalue weighted by Gasteiger charge is 2.22. The van der Waals surface area contributed by atoms with Crippen LogP contribution in [0.5, 0.6) is 0 Å². The molecule has 1 aliphatic rings. The third-order valence-electron chi connectivity index (χ3n) is 5.55. The molecule has 3 heterocycles. The van der Waals surface area contributed by atoms with Crippen LogP contribution in [0.2, 0.25) is 0 Å². The molecule has 4 rings (SSSR count). The van der Waals surface area contributed by atoms with Crippen molar-refractivity contribution < 1.29 is 4.79 Å². The van der Waals surface area contributed by atoms with Crippen LogP contribution >= 0.6 is 11.3 Å². The minimum atomic E-state index is 0.0163. The monoisotopic (exact) mass is 409 g/mol. The van der Waals surface area contributed by atoms with Crippen molar-refractivity contribution in [2.45, 2.75) is 26.3 Å². The van der Waals surface area contributed by atoms with Crippen molar-refractivity contribution in [1.82, 2.24) is 20.2 Å². The molecule has 1 unspecified atom stereocenters. The number of benzene rings is 1. The van der Waals surface area contributed by atoms with Gasteiger partial charge in [0.2, 0.25) is 5.91 Å². The number of rotatable bonds is 6. The van der Waals surface area contributed by atoms with Crippen LogP contribution < -0.4 is 10.2 Å². The standard InChI is InChI=1S/C22H27N5OS/c1-3-17-4-6-18(7-5-17)16(2)25-20(28)14-26-9-11-27(12-10-26)21-19-8-13-29-22(19)24-15-23-21/h4-8,13,15-16H,3,9-12,14H2,1-2H3,(H,25,28). The highest BCUT2D eigenvalue weighted by Crippen LogP contribution is 2.27. The molecule has 2 aromatic heterocycles. The number of carbonyl (C=O) groups is 1. The second kappa shape index (κ2) is 8.88. The van der Waals surface area contributed by atoms with Gasteiger partial charge in [-0.1, -0.05) is 31.2 Å². The van der Waals surface area contributed by atoms with Crippen LogP contribution in [0.1, 0.15) is 31.0 Å². The number of fused-ring (bicyclic) bond motifs is 1. The van der Waals surface area contributed by atoms with Gasteiger partial charge in [-0.15, -0.1) is 11.3 Å². The zero-order chi connectivity index (χ0) is 20.2. The Kier molecular flexibility index (Phi) is 6.06. The first kappa shape index (κ1) is 19.8. The van der Waals surface area contributed by atoms with Crippen molar-refractivity contribution in [2.24, 2.45) is 0 Å². The first-order valence-corrected chi connectivity index (χ1v) is 11.1. The van der Waals surface area contributed by atoms with Gasteiger partial charge in [0, 0.05) is 26.2 Å². The van der Waals surface area contributed by atoms with Crippen LogP contribution in [0.4, 0.5) is 5.82 Å². The summed E-state index contributed by atoms with van der Waals surface area (Å²) >= 11 is 1.64. The minimum absolute atomic E-state index is 0.0163. The molecular formula is C22H27N5OS. The van der Waals surface area contributed by atoms with Crippen LogP contribution in [-0.4, -0.2) is 53.5 Å². The Morgan fingerprint density at radius 1 is 1.14 bits per heavy atom. The highest BCUT2D eigenvalue weighted by atomic mass is 32.1. The molecule has 7 heteroatoms. The molecule has 1 aliphatic heterocycles. The van der Waals surface area contributed by atoms with E-state index in [1.54, 1.807) is 17.7 Å². The Labute approximate surface area is 175 Å².